The van der Waals surface area contributed by atoms with Crippen molar-refractivity contribution in [2.45, 2.75) is 78.9 Å². The van der Waals surface area contributed by atoms with Crippen LogP contribution < -0.4 is 5.32 Å². The summed E-state index contributed by atoms with van der Waals surface area (Å²) in [4.78, 5) is 14.6. The quantitative estimate of drug-likeness (QED) is 0.684. The number of unbranched alkanes of at least 4 members (excludes halogenated alkanes) is 3. The van der Waals surface area contributed by atoms with Crippen LogP contribution in [0.4, 0.5) is 0 Å². The van der Waals surface area contributed by atoms with Gasteiger partial charge in [-0.2, -0.15) is 0 Å². The first kappa shape index (κ1) is 16.5. The second-order valence-electron chi connectivity index (χ2n) is 6.63. The van der Waals surface area contributed by atoms with E-state index in [1.807, 2.05) is 0 Å². The zero-order valence-corrected chi connectivity index (χ0v) is 13.4. The molecule has 3 heteroatoms. The van der Waals surface area contributed by atoms with Crippen molar-refractivity contribution >= 4 is 5.91 Å². The molecule has 19 heavy (non-hydrogen) atoms. The van der Waals surface area contributed by atoms with E-state index in [1.165, 1.54) is 19.3 Å². The summed E-state index contributed by atoms with van der Waals surface area (Å²) in [6, 6.07) is 0.0403. The van der Waals surface area contributed by atoms with E-state index in [-0.39, 0.29) is 12.2 Å². The predicted molar refractivity (Wildman–Crippen MR) is 80.9 cm³/mol. The first-order valence-corrected chi connectivity index (χ1v) is 8.03. The van der Waals surface area contributed by atoms with Gasteiger partial charge in [-0.1, -0.05) is 53.9 Å². The van der Waals surface area contributed by atoms with Crippen LogP contribution in [0, 0.1) is 11.8 Å². The van der Waals surface area contributed by atoms with Gasteiger partial charge in [0.25, 0.3) is 0 Å². The van der Waals surface area contributed by atoms with E-state index in [0.717, 1.165) is 19.4 Å². The van der Waals surface area contributed by atoms with Crippen molar-refractivity contribution in [2.75, 3.05) is 6.54 Å². The molecule has 0 spiro atoms. The highest BCUT2D eigenvalue weighted by molar-refractivity contribution is 5.84. The Kier molecular flexibility index (Phi) is 6.84. The lowest BCUT2D eigenvalue weighted by Gasteiger charge is -2.27. The molecular formula is C16H32N2O. The van der Waals surface area contributed by atoms with Crippen molar-refractivity contribution in [3.05, 3.63) is 0 Å². The van der Waals surface area contributed by atoms with Crippen LogP contribution in [0.15, 0.2) is 0 Å². The lowest BCUT2D eigenvalue weighted by atomic mass is 10.0. The van der Waals surface area contributed by atoms with E-state index in [4.69, 9.17) is 0 Å². The normalized spacial score (nSPS) is 23.9. The molecule has 1 fully saturated rings. The molecule has 0 aliphatic carbocycles. The first-order valence-electron chi connectivity index (χ1n) is 8.03. The second-order valence-corrected chi connectivity index (χ2v) is 6.63. The third-order valence-electron chi connectivity index (χ3n) is 3.88. The zero-order chi connectivity index (χ0) is 14.4. The van der Waals surface area contributed by atoms with Crippen molar-refractivity contribution < 1.29 is 4.79 Å². The van der Waals surface area contributed by atoms with Gasteiger partial charge in [0.05, 0.1) is 12.2 Å². The number of nitrogens with zero attached hydrogens (tertiary/aromatic N) is 1. The largest absolute Gasteiger partial charge is 0.326 e. The van der Waals surface area contributed by atoms with Gasteiger partial charge >= 0.3 is 0 Å². The maximum absolute atomic E-state index is 12.5. The number of carbonyl (C=O) groups excluding carboxylic acids is 1. The fourth-order valence-electron chi connectivity index (χ4n) is 2.86. The van der Waals surface area contributed by atoms with E-state index >= 15 is 0 Å². The SMILES string of the molecule is CCCCCCN1C(=O)C(CC(C)C)NC1C(C)C. The van der Waals surface area contributed by atoms with Gasteiger partial charge in [-0.05, 0) is 24.7 Å². The average Bonchev–Trinajstić information content (AvgIpc) is 2.62. The monoisotopic (exact) mass is 268 g/mol. The maximum atomic E-state index is 12.5. The third kappa shape index (κ3) is 4.79. The highest BCUT2D eigenvalue weighted by Crippen LogP contribution is 2.22. The molecule has 0 radical (unpaired) electrons. The summed E-state index contributed by atoms with van der Waals surface area (Å²) >= 11 is 0. The molecule has 2 atom stereocenters. The molecular weight excluding hydrogens is 236 g/mol. The van der Waals surface area contributed by atoms with Crippen LogP contribution in [-0.2, 0) is 4.79 Å². The van der Waals surface area contributed by atoms with Crippen LogP contribution in [0.25, 0.3) is 0 Å². The van der Waals surface area contributed by atoms with Gasteiger partial charge in [-0.15, -0.1) is 0 Å². The molecule has 112 valence electrons. The highest BCUT2D eigenvalue weighted by atomic mass is 16.2. The van der Waals surface area contributed by atoms with E-state index in [0.29, 0.717) is 17.7 Å². The average molecular weight is 268 g/mol. The lowest BCUT2D eigenvalue weighted by Crippen LogP contribution is -2.42. The number of hydrogen-bond donors (Lipinski definition) is 1. The molecule has 0 aromatic carbocycles. The topological polar surface area (TPSA) is 32.3 Å². The van der Waals surface area contributed by atoms with Crippen molar-refractivity contribution in [3.63, 3.8) is 0 Å². The molecule has 1 aliphatic heterocycles. The Morgan fingerprint density at radius 2 is 1.84 bits per heavy atom. The molecule has 0 bridgehead atoms. The van der Waals surface area contributed by atoms with E-state index < -0.39 is 0 Å². The van der Waals surface area contributed by atoms with Gasteiger partial charge in [-0.25, -0.2) is 0 Å². The third-order valence-corrected chi connectivity index (χ3v) is 3.88. The van der Waals surface area contributed by atoms with Gasteiger partial charge in [-0.3, -0.25) is 10.1 Å². The van der Waals surface area contributed by atoms with Crippen LogP contribution in [-0.4, -0.2) is 29.6 Å². The molecule has 1 amide bonds. The smallest absolute Gasteiger partial charge is 0.241 e. The Bertz CT molecular complexity index is 276. The summed E-state index contributed by atoms with van der Waals surface area (Å²) in [7, 11) is 0. The first-order chi connectivity index (χ1) is 8.97. The molecule has 3 nitrogen and oxygen atoms in total. The number of amides is 1. The highest BCUT2D eigenvalue weighted by Gasteiger charge is 2.39. The Labute approximate surface area is 119 Å². The summed E-state index contributed by atoms with van der Waals surface area (Å²) in [6.45, 7) is 11.9. The van der Waals surface area contributed by atoms with Crippen molar-refractivity contribution in [1.29, 1.82) is 0 Å². The number of carbonyl (C=O) groups is 1. The molecule has 0 aromatic heterocycles. The molecule has 1 aliphatic rings. The molecule has 0 saturated carbocycles. The summed E-state index contributed by atoms with van der Waals surface area (Å²) in [6.07, 6.45) is 6.08. The van der Waals surface area contributed by atoms with Crippen LogP contribution in [0.3, 0.4) is 0 Å². The molecule has 0 aromatic rings. The Balaban J connectivity index is 2.56. The van der Waals surface area contributed by atoms with Crippen LogP contribution in [0.1, 0.15) is 66.7 Å². The van der Waals surface area contributed by atoms with Gasteiger partial charge in [0, 0.05) is 6.54 Å². The number of hydrogen-bond acceptors (Lipinski definition) is 2. The second kappa shape index (κ2) is 7.88. The van der Waals surface area contributed by atoms with Gasteiger partial charge in [0.1, 0.15) is 0 Å². The number of nitrogens with one attached hydrogen (secondary N) is 1. The van der Waals surface area contributed by atoms with Crippen LogP contribution in [0.2, 0.25) is 0 Å². The molecule has 1 N–H and O–H groups in total. The minimum Gasteiger partial charge on any atom is -0.326 e. The van der Waals surface area contributed by atoms with E-state index in [2.05, 4.69) is 44.8 Å². The van der Waals surface area contributed by atoms with Gasteiger partial charge in [0.15, 0.2) is 0 Å². The Morgan fingerprint density at radius 1 is 1.16 bits per heavy atom. The molecule has 1 saturated heterocycles. The lowest BCUT2D eigenvalue weighted by molar-refractivity contribution is -0.130. The molecule has 1 heterocycles. The Hall–Kier alpha value is -0.570. The number of rotatable bonds is 8. The Morgan fingerprint density at radius 3 is 2.37 bits per heavy atom. The standard InChI is InChI=1S/C16H32N2O/c1-6-7-8-9-10-18-15(13(4)5)17-14(16(18)19)11-12(2)3/h12-15,17H,6-11H2,1-5H3. The summed E-state index contributed by atoms with van der Waals surface area (Å²) < 4.78 is 0. The minimum absolute atomic E-state index is 0.0403. The van der Waals surface area contributed by atoms with Gasteiger partial charge < -0.3 is 4.90 Å². The van der Waals surface area contributed by atoms with Gasteiger partial charge in [0.2, 0.25) is 5.91 Å². The molecule has 2 unspecified atom stereocenters. The minimum atomic E-state index is 0.0403. The van der Waals surface area contributed by atoms with E-state index in [9.17, 15) is 4.79 Å². The molecule has 1 rings (SSSR count). The maximum Gasteiger partial charge on any atom is 0.241 e. The van der Waals surface area contributed by atoms with E-state index in [1.54, 1.807) is 0 Å². The summed E-state index contributed by atoms with van der Waals surface area (Å²) in [5.74, 6) is 1.37. The van der Waals surface area contributed by atoms with Crippen molar-refractivity contribution in [1.82, 2.24) is 10.2 Å². The summed E-state index contributed by atoms with van der Waals surface area (Å²) in [5.41, 5.74) is 0. The summed E-state index contributed by atoms with van der Waals surface area (Å²) in [5, 5.41) is 3.54. The fraction of sp³-hybridized carbons (Fsp3) is 0.938. The van der Waals surface area contributed by atoms with Crippen molar-refractivity contribution in [3.8, 4) is 0 Å². The fourth-order valence-corrected chi connectivity index (χ4v) is 2.86. The van der Waals surface area contributed by atoms with Crippen molar-refractivity contribution in [2.24, 2.45) is 11.8 Å². The predicted octanol–water partition coefficient (Wildman–Crippen LogP) is 3.40. The zero-order valence-electron chi connectivity index (χ0n) is 13.4. The van der Waals surface area contributed by atoms with Crippen LogP contribution in [0.5, 0.6) is 0 Å². The van der Waals surface area contributed by atoms with Crippen LogP contribution >= 0.6 is 0 Å².